The highest BCUT2D eigenvalue weighted by atomic mass is 15.0. The van der Waals surface area contributed by atoms with E-state index in [1.54, 1.807) is 0 Å². The minimum atomic E-state index is 0.500. The largest absolute Gasteiger partial charge is 0.355 e. The van der Waals surface area contributed by atoms with E-state index in [1.165, 1.54) is 40.6 Å². The van der Waals surface area contributed by atoms with E-state index >= 15 is 0 Å². The second-order valence-corrected chi connectivity index (χ2v) is 5.88. The molecule has 1 aromatic carbocycles. The van der Waals surface area contributed by atoms with E-state index in [0.29, 0.717) is 17.9 Å². The molecule has 0 amide bonds. The summed E-state index contributed by atoms with van der Waals surface area (Å²) in [7, 11) is 0. The third-order valence-electron chi connectivity index (χ3n) is 5.06. The van der Waals surface area contributed by atoms with Gasteiger partial charge in [0.15, 0.2) is 0 Å². The number of benzene rings is 1. The zero-order valence-corrected chi connectivity index (χ0v) is 11.4. The number of fused-ring (bicyclic) bond motifs is 6. The van der Waals surface area contributed by atoms with Crippen molar-refractivity contribution in [3.05, 3.63) is 42.1 Å². The maximum Gasteiger partial charge on any atom is 0.0469 e. The summed E-state index contributed by atoms with van der Waals surface area (Å²) in [6.07, 6.45) is 2.45. The van der Waals surface area contributed by atoms with Gasteiger partial charge in [-0.15, -0.1) is 0 Å². The van der Waals surface area contributed by atoms with Crippen LogP contribution in [0.1, 0.15) is 37.1 Å². The lowest BCUT2D eigenvalue weighted by Crippen LogP contribution is -2.43. The molecule has 98 valence electrons. The minimum absolute atomic E-state index is 0.500. The first-order valence-corrected chi connectivity index (χ1v) is 7.34. The zero-order valence-electron chi connectivity index (χ0n) is 11.4. The molecule has 1 aromatic heterocycles. The predicted octanol–water partition coefficient (Wildman–Crippen LogP) is 3.87. The van der Waals surface area contributed by atoms with Crippen LogP contribution in [-0.4, -0.2) is 11.5 Å². The first kappa shape index (κ1) is 11.3. The molecule has 0 spiro atoms. The summed E-state index contributed by atoms with van der Waals surface area (Å²) >= 11 is 0. The first-order chi connectivity index (χ1) is 9.31. The van der Waals surface area contributed by atoms with Crippen LogP contribution >= 0.6 is 0 Å². The van der Waals surface area contributed by atoms with Gasteiger partial charge >= 0.3 is 0 Å². The normalized spacial score (nSPS) is 29.5. The number of aromatic nitrogens is 1. The number of hydrogen-bond acceptors (Lipinski definition) is 1. The van der Waals surface area contributed by atoms with Gasteiger partial charge in [-0.2, -0.15) is 0 Å². The predicted molar refractivity (Wildman–Crippen MR) is 80.0 cm³/mol. The van der Waals surface area contributed by atoms with Gasteiger partial charge in [-0.3, -0.25) is 0 Å². The molecule has 3 unspecified atom stereocenters. The fraction of sp³-hybridized carbons (Fsp3) is 0.412. The van der Waals surface area contributed by atoms with Gasteiger partial charge in [-0.25, -0.2) is 0 Å². The van der Waals surface area contributed by atoms with E-state index in [9.17, 15) is 0 Å². The molecule has 2 heterocycles. The molecule has 2 aliphatic rings. The third-order valence-corrected chi connectivity index (χ3v) is 5.06. The maximum atomic E-state index is 4.41. The lowest BCUT2D eigenvalue weighted by Gasteiger charge is -2.44. The van der Waals surface area contributed by atoms with Crippen molar-refractivity contribution in [3.63, 3.8) is 0 Å². The van der Waals surface area contributed by atoms with E-state index in [4.69, 9.17) is 0 Å². The molecule has 2 nitrogen and oxygen atoms in total. The lowest BCUT2D eigenvalue weighted by atomic mass is 9.67. The van der Waals surface area contributed by atoms with E-state index in [0.717, 1.165) is 6.54 Å². The van der Waals surface area contributed by atoms with Crippen LogP contribution in [0, 0.1) is 11.8 Å². The Kier molecular flexibility index (Phi) is 2.36. The van der Waals surface area contributed by atoms with Gasteiger partial charge in [0, 0.05) is 28.2 Å². The van der Waals surface area contributed by atoms with E-state index in [2.05, 4.69) is 48.1 Å². The highest BCUT2D eigenvalue weighted by molar-refractivity contribution is 5.91. The van der Waals surface area contributed by atoms with Gasteiger partial charge in [-0.05, 0) is 36.4 Å². The van der Waals surface area contributed by atoms with Crippen LogP contribution in [0.3, 0.4) is 0 Å². The number of nitrogens with one attached hydrogen (secondary N) is 2. The number of rotatable bonds is 1. The maximum absolute atomic E-state index is 4.41. The molecule has 0 saturated carbocycles. The van der Waals surface area contributed by atoms with Crippen LogP contribution < -0.4 is 5.32 Å². The summed E-state index contributed by atoms with van der Waals surface area (Å²) in [4.78, 5) is 3.60. The first-order valence-electron chi connectivity index (χ1n) is 7.34. The average molecular weight is 252 g/mol. The molecule has 1 saturated heterocycles. The Bertz CT molecular complexity index is 652. The molecule has 4 rings (SSSR count). The molecule has 19 heavy (non-hydrogen) atoms. The molecule has 3 atom stereocenters. The van der Waals surface area contributed by atoms with Gasteiger partial charge in [0.25, 0.3) is 0 Å². The van der Waals surface area contributed by atoms with Gasteiger partial charge in [-0.1, -0.05) is 38.1 Å². The number of hydrogen-bond donors (Lipinski definition) is 2. The van der Waals surface area contributed by atoms with Crippen molar-refractivity contribution < 1.29 is 0 Å². The Hall–Kier alpha value is -1.54. The van der Waals surface area contributed by atoms with Crippen molar-refractivity contribution in [1.82, 2.24) is 10.3 Å². The lowest BCUT2D eigenvalue weighted by molar-refractivity contribution is 0.218. The van der Waals surface area contributed by atoms with Crippen molar-refractivity contribution in [3.8, 4) is 0 Å². The Morgan fingerprint density at radius 1 is 1.32 bits per heavy atom. The second kappa shape index (κ2) is 3.97. The standard InChI is InChI=1S/C17H20N2/c1-3-11-12-8-9-18-17(11)15-13-6-4-5-7-14(13)19-16(15)10(12)2/h4-7,11-12,17-19H,2-3,8-9H2,1H3. The van der Waals surface area contributed by atoms with Crippen molar-refractivity contribution in [2.75, 3.05) is 6.54 Å². The number of para-hydroxylation sites is 1. The Balaban J connectivity index is 2.01. The van der Waals surface area contributed by atoms with Crippen LogP contribution in [0.4, 0.5) is 0 Å². The molecule has 1 fully saturated rings. The SMILES string of the molecule is C=C1c2[nH]c3ccccc3c2C2NCCC1C2CC. The van der Waals surface area contributed by atoms with Crippen LogP contribution in [0.2, 0.25) is 0 Å². The van der Waals surface area contributed by atoms with Crippen molar-refractivity contribution >= 4 is 16.5 Å². The smallest absolute Gasteiger partial charge is 0.0469 e. The Morgan fingerprint density at radius 3 is 3.00 bits per heavy atom. The van der Waals surface area contributed by atoms with E-state index in [1.807, 2.05) is 0 Å². The molecule has 2 N–H and O–H groups in total. The average Bonchev–Trinajstić information content (AvgIpc) is 2.83. The molecular formula is C17H20N2. The summed E-state index contributed by atoms with van der Waals surface area (Å²) in [6.45, 7) is 7.84. The molecule has 1 aliphatic heterocycles. The number of H-pyrrole nitrogens is 1. The fourth-order valence-electron chi connectivity index (χ4n) is 4.19. The van der Waals surface area contributed by atoms with Gasteiger partial charge < -0.3 is 10.3 Å². The third kappa shape index (κ3) is 1.41. The molecule has 0 radical (unpaired) electrons. The Morgan fingerprint density at radius 2 is 2.16 bits per heavy atom. The molecule has 2 heteroatoms. The topological polar surface area (TPSA) is 27.8 Å². The quantitative estimate of drug-likeness (QED) is 0.792. The molecular weight excluding hydrogens is 232 g/mol. The monoisotopic (exact) mass is 252 g/mol. The van der Waals surface area contributed by atoms with Crippen LogP contribution in [-0.2, 0) is 0 Å². The second-order valence-electron chi connectivity index (χ2n) is 5.88. The van der Waals surface area contributed by atoms with Crippen LogP contribution in [0.15, 0.2) is 30.8 Å². The van der Waals surface area contributed by atoms with Gasteiger partial charge in [0.2, 0.25) is 0 Å². The van der Waals surface area contributed by atoms with E-state index < -0.39 is 0 Å². The van der Waals surface area contributed by atoms with Gasteiger partial charge in [0.1, 0.15) is 0 Å². The summed E-state index contributed by atoms with van der Waals surface area (Å²) in [5, 5.41) is 5.12. The van der Waals surface area contributed by atoms with Gasteiger partial charge in [0.05, 0.1) is 0 Å². The highest BCUT2D eigenvalue weighted by Gasteiger charge is 2.42. The van der Waals surface area contributed by atoms with Crippen molar-refractivity contribution in [2.24, 2.45) is 11.8 Å². The van der Waals surface area contributed by atoms with E-state index in [-0.39, 0.29) is 0 Å². The van der Waals surface area contributed by atoms with Crippen LogP contribution in [0.5, 0.6) is 0 Å². The summed E-state index contributed by atoms with van der Waals surface area (Å²) in [5.41, 5.74) is 5.34. The summed E-state index contributed by atoms with van der Waals surface area (Å²) < 4.78 is 0. The van der Waals surface area contributed by atoms with Crippen LogP contribution in [0.25, 0.3) is 16.5 Å². The molecule has 1 aliphatic carbocycles. The Labute approximate surface area is 113 Å². The number of aromatic amines is 1. The fourth-order valence-corrected chi connectivity index (χ4v) is 4.19. The number of allylic oxidation sites excluding steroid dienone is 1. The molecule has 2 bridgehead atoms. The van der Waals surface area contributed by atoms with Crippen molar-refractivity contribution in [2.45, 2.75) is 25.8 Å². The summed E-state index contributed by atoms with van der Waals surface area (Å²) in [6, 6.07) is 9.15. The molecule has 2 aromatic rings. The minimum Gasteiger partial charge on any atom is -0.355 e. The highest BCUT2D eigenvalue weighted by Crippen LogP contribution is 2.50. The number of piperidine rings is 1. The summed E-state index contributed by atoms with van der Waals surface area (Å²) in [5.74, 6) is 1.35. The zero-order chi connectivity index (χ0) is 13.0. The van der Waals surface area contributed by atoms with Crippen molar-refractivity contribution in [1.29, 1.82) is 0 Å².